The molecule has 0 heterocycles. The van der Waals surface area contributed by atoms with Gasteiger partial charge in [-0.3, -0.25) is 14.4 Å². The van der Waals surface area contributed by atoms with E-state index in [-0.39, 0.29) is 24.2 Å². The van der Waals surface area contributed by atoms with Crippen molar-refractivity contribution in [2.45, 2.75) is 12.8 Å². The van der Waals surface area contributed by atoms with Crippen molar-refractivity contribution in [1.29, 1.82) is 0 Å². The van der Waals surface area contributed by atoms with Crippen LogP contribution < -0.4 is 10.6 Å². The number of hydrogen-bond donors (Lipinski definition) is 2. The van der Waals surface area contributed by atoms with E-state index >= 15 is 0 Å². The van der Waals surface area contributed by atoms with Gasteiger partial charge in [-0.05, 0) is 30.2 Å². The highest BCUT2D eigenvalue weighted by atomic mass is 16.5. The molecule has 0 fully saturated rings. The van der Waals surface area contributed by atoms with Crippen molar-refractivity contribution in [3.05, 3.63) is 41.5 Å². The Morgan fingerprint density at radius 3 is 2.45 bits per heavy atom. The summed E-state index contributed by atoms with van der Waals surface area (Å²) in [7, 11) is 2.90. The molecule has 2 amide bonds. The van der Waals surface area contributed by atoms with Crippen LogP contribution in [-0.4, -0.2) is 38.5 Å². The smallest absolute Gasteiger partial charge is 0.305 e. The molecule has 0 atom stereocenters. The largest absolute Gasteiger partial charge is 0.469 e. The molecule has 2 N–H and O–H groups in total. The van der Waals surface area contributed by atoms with Crippen molar-refractivity contribution in [1.82, 2.24) is 10.6 Å². The molecular formula is C16H20N2O4. The van der Waals surface area contributed by atoms with Gasteiger partial charge in [-0.15, -0.1) is 0 Å². The summed E-state index contributed by atoms with van der Waals surface area (Å²) < 4.78 is 4.50. The number of rotatable bonds is 7. The molecule has 6 nitrogen and oxygen atoms in total. The highest BCUT2D eigenvalue weighted by molar-refractivity contribution is 5.94. The minimum absolute atomic E-state index is 0.154. The Morgan fingerprint density at radius 2 is 1.86 bits per heavy atom. The molecule has 0 unspecified atom stereocenters. The molecular weight excluding hydrogens is 284 g/mol. The zero-order valence-electron chi connectivity index (χ0n) is 12.7. The van der Waals surface area contributed by atoms with Crippen LogP contribution in [0.15, 0.2) is 30.3 Å². The van der Waals surface area contributed by atoms with Crippen molar-refractivity contribution in [2.75, 3.05) is 20.7 Å². The second kappa shape index (κ2) is 9.33. The number of carbonyl (C=O) groups excluding carboxylic acids is 3. The highest BCUT2D eigenvalue weighted by Crippen LogP contribution is 2.06. The summed E-state index contributed by atoms with van der Waals surface area (Å²) in [5, 5.41) is 5.21. The zero-order chi connectivity index (χ0) is 16.4. The fourth-order valence-corrected chi connectivity index (χ4v) is 1.67. The Bertz CT molecular complexity index is 550. The molecule has 1 aromatic rings. The molecule has 0 spiro atoms. The maximum Gasteiger partial charge on any atom is 0.305 e. The Balaban J connectivity index is 2.39. The Hall–Kier alpha value is -2.63. The van der Waals surface area contributed by atoms with E-state index in [0.717, 1.165) is 5.56 Å². The molecule has 0 aliphatic rings. The van der Waals surface area contributed by atoms with Gasteiger partial charge in [-0.2, -0.15) is 0 Å². The maximum absolute atomic E-state index is 11.6. The number of hydrogen-bond acceptors (Lipinski definition) is 4. The predicted octanol–water partition coefficient (Wildman–Crippen LogP) is 1.13. The summed E-state index contributed by atoms with van der Waals surface area (Å²) in [6, 6.07) is 6.89. The summed E-state index contributed by atoms with van der Waals surface area (Å²) in [6.45, 7) is 0.411. The summed E-state index contributed by atoms with van der Waals surface area (Å²) >= 11 is 0. The molecule has 0 aliphatic carbocycles. The minimum Gasteiger partial charge on any atom is -0.469 e. The van der Waals surface area contributed by atoms with Gasteiger partial charge in [0, 0.05) is 31.7 Å². The van der Waals surface area contributed by atoms with Gasteiger partial charge < -0.3 is 15.4 Å². The topological polar surface area (TPSA) is 84.5 Å². The summed E-state index contributed by atoms with van der Waals surface area (Å²) in [4.78, 5) is 33.8. The number of carbonyl (C=O) groups is 3. The Kier molecular flexibility index (Phi) is 7.39. The molecule has 1 aromatic carbocycles. The van der Waals surface area contributed by atoms with Crippen LogP contribution in [0.1, 0.15) is 28.8 Å². The number of benzene rings is 1. The first kappa shape index (κ1) is 17.4. The van der Waals surface area contributed by atoms with Crippen LogP contribution in [0.4, 0.5) is 0 Å². The number of ether oxygens (including phenoxy) is 1. The Morgan fingerprint density at radius 1 is 1.18 bits per heavy atom. The number of esters is 1. The Labute approximate surface area is 129 Å². The molecule has 0 radical (unpaired) electrons. The number of amides is 2. The minimum atomic E-state index is -0.291. The van der Waals surface area contributed by atoms with Crippen LogP contribution in [0.2, 0.25) is 0 Å². The SMILES string of the molecule is CNC(=O)c1ccc(/C=C/C(=O)NCCCC(=O)OC)cc1. The van der Waals surface area contributed by atoms with Crippen LogP contribution in [0, 0.1) is 0 Å². The fourth-order valence-electron chi connectivity index (χ4n) is 1.67. The van der Waals surface area contributed by atoms with Crippen LogP contribution in [0.25, 0.3) is 6.08 Å². The third-order valence-electron chi connectivity index (χ3n) is 2.91. The second-order valence-electron chi connectivity index (χ2n) is 4.51. The van der Waals surface area contributed by atoms with E-state index < -0.39 is 0 Å². The molecule has 0 saturated heterocycles. The molecule has 0 saturated carbocycles. The lowest BCUT2D eigenvalue weighted by atomic mass is 10.1. The van der Waals surface area contributed by atoms with Crippen LogP contribution in [0.3, 0.4) is 0 Å². The first-order chi connectivity index (χ1) is 10.6. The van der Waals surface area contributed by atoms with E-state index in [9.17, 15) is 14.4 Å². The van der Waals surface area contributed by atoms with E-state index in [4.69, 9.17) is 0 Å². The number of methoxy groups -OCH3 is 1. The summed E-state index contributed by atoms with van der Waals surface area (Å²) in [6.07, 6.45) is 3.88. The number of nitrogens with one attached hydrogen (secondary N) is 2. The average molecular weight is 304 g/mol. The van der Waals surface area contributed by atoms with E-state index in [1.54, 1.807) is 37.4 Å². The van der Waals surface area contributed by atoms with Gasteiger partial charge in [0.05, 0.1) is 7.11 Å². The maximum atomic E-state index is 11.6. The van der Waals surface area contributed by atoms with Crippen LogP contribution in [0.5, 0.6) is 0 Å². The monoisotopic (exact) mass is 304 g/mol. The fraction of sp³-hybridized carbons (Fsp3) is 0.312. The molecule has 1 rings (SSSR count). The van der Waals surface area contributed by atoms with E-state index in [1.165, 1.54) is 13.2 Å². The molecule has 6 heteroatoms. The van der Waals surface area contributed by atoms with Crippen molar-refractivity contribution in [2.24, 2.45) is 0 Å². The van der Waals surface area contributed by atoms with Crippen molar-refractivity contribution in [3.63, 3.8) is 0 Å². The third kappa shape index (κ3) is 6.21. The third-order valence-corrected chi connectivity index (χ3v) is 2.91. The normalized spacial score (nSPS) is 10.3. The average Bonchev–Trinajstić information content (AvgIpc) is 2.56. The predicted molar refractivity (Wildman–Crippen MR) is 83.1 cm³/mol. The van der Waals surface area contributed by atoms with Gasteiger partial charge >= 0.3 is 5.97 Å². The first-order valence-electron chi connectivity index (χ1n) is 6.91. The van der Waals surface area contributed by atoms with E-state index in [1.807, 2.05) is 0 Å². The molecule has 22 heavy (non-hydrogen) atoms. The van der Waals surface area contributed by atoms with Crippen molar-refractivity contribution < 1.29 is 19.1 Å². The van der Waals surface area contributed by atoms with Gasteiger partial charge in [0.25, 0.3) is 5.91 Å². The van der Waals surface area contributed by atoms with Crippen LogP contribution in [-0.2, 0) is 14.3 Å². The standard InChI is InChI=1S/C16H20N2O4/c1-17-16(21)13-8-5-12(6-9-13)7-10-14(19)18-11-3-4-15(20)22-2/h5-10H,3-4,11H2,1-2H3,(H,17,21)(H,18,19)/b10-7+. The van der Waals surface area contributed by atoms with E-state index in [2.05, 4.69) is 15.4 Å². The first-order valence-corrected chi connectivity index (χ1v) is 6.91. The molecule has 0 aromatic heterocycles. The van der Waals surface area contributed by atoms with Crippen molar-refractivity contribution >= 4 is 23.9 Å². The summed E-state index contributed by atoms with van der Waals surface area (Å²) in [5.74, 6) is -0.680. The second-order valence-corrected chi connectivity index (χ2v) is 4.51. The quantitative estimate of drug-likeness (QED) is 0.449. The molecule has 0 bridgehead atoms. The van der Waals surface area contributed by atoms with Crippen molar-refractivity contribution in [3.8, 4) is 0 Å². The zero-order valence-corrected chi connectivity index (χ0v) is 12.7. The van der Waals surface area contributed by atoms with Gasteiger partial charge in [0.15, 0.2) is 0 Å². The lowest BCUT2D eigenvalue weighted by Crippen LogP contribution is -2.22. The highest BCUT2D eigenvalue weighted by Gasteiger charge is 2.02. The summed E-state index contributed by atoms with van der Waals surface area (Å²) in [5.41, 5.74) is 1.38. The lowest BCUT2D eigenvalue weighted by Gasteiger charge is -2.02. The van der Waals surface area contributed by atoms with Gasteiger partial charge in [-0.25, -0.2) is 0 Å². The lowest BCUT2D eigenvalue weighted by molar-refractivity contribution is -0.140. The van der Waals surface area contributed by atoms with Gasteiger partial charge in [-0.1, -0.05) is 12.1 Å². The molecule has 118 valence electrons. The van der Waals surface area contributed by atoms with Gasteiger partial charge in [0.2, 0.25) is 5.91 Å². The van der Waals surface area contributed by atoms with E-state index in [0.29, 0.717) is 18.5 Å². The van der Waals surface area contributed by atoms with Crippen LogP contribution >= 0.6 is 0 Å². The van der Waals surface area contributed by atoms with Gasteiger partial charge in [0.1, 0.15) is 0 Å². The molecule has 0 aliphatic heterocycles.